The number of nitro benzene ring substituents is 1. The predicted octanol–water partition coefficient (Wildman–Crippen LogP) is 2.43. The van der Waals surface area contributed by atoms with Crippen LogP contribution in [0.15, 0.2) is 12.1 Å². The number of hydrogen-bond acceptors (Lipinski definition) is 5. The Morgan fingerprint density at radius 1 is 1.43 bits per heavy atom. The number of carbonyl (C=O) groups is 2. The first-order chi connectivity index (χ1) is 9.86. The summed E-state index contributed by atoms with van der Waals surface area (Å²) in [6.45, 7) is 3.43. The normalized spacial score (nSPS) is 10.0. The Bertz CT molecular complexity index is 570. The number of rotatable bonds is 7. The number of anilines is 1. The molecular formula is C13H16N2O6. The second-order valence-corrected chi connectivity index (χ2v) is 4.31. The van der Waals surface area contributed by atoms with Gasteiger partial charge in [-0.3, -0.25) is 14.9 Å². The lowest BCUT2D eigenvalue weighted by Crippen LogP contribution is -2.11. The van der Waals surface area contributed by atoms with Gasteiger partial charge in [0.05, 0.1) is 11.5 Å². The fraction of sp³-hybridized carbons (Fsp3) is 0.385. The summed E-state index contributed by atoms with van der Waals surface area (Å²) in [4.78, 5) is 32.5. The van der Waals surface area contributed by atoms with Gasteiger partial charge < -0.3 is 15.2 Å². The highest BCUT2D eigenvalue weighted by molar-refractivity contribution is 5.96. The van der Waals surface area contributed by atoms with Crippen molar-refractivity contribution in [3.63, 3.8) is 0 Å². The summed E-state index contributed by atoms with van der Waals surface area (Å²) in [5, 5.41) is 22.4. The molecule has 1 amide bonds. The summed E-state index contributed by atoms with van der Waals surface area (Å²) in [5.74, 6) is -1.84. The summed E-state index contributed by atoms with van der Waals surface area (Å²) in [6, 6.07) is 2.05. The predicted molar refractivity (Wildman–Crippen MR) is 74.8 cm³/mol. The van der Waals surface area contributed by atoms with E-state index in [1.165, 1.54) is 13.0 Å². The molecule has 0 radical (unpaired) electrons. The summed E-state index contributed by atoms with van der Waals surface area (Å²) in [6.07, 6.45) is 1.57. The number of carboxylic acids is 1. The van der Waals surface area contributed by atoms with Crippen molar-refractivity contribution in [2.75, 3.05) is 11.9 Å². The van der Waals surface area contributed by atoms with Crippen molar-refractivity contribution in [1.29, 1.82) is 0 Å². The second-order valence-electron chi connectivity index (χ2n) is 4.31. The van der Waals surface area contributed by atoms with Crippen molar-refractivity contribution in [1.82, 2.24) is 0 Å². The number of aromatic carboxylic acids is 1. The third-order valence-electron chi connectivity index (χ3n) is 2.59. The van der Waals surface area contributed by atoms with Crippen molar-refractivity contribution >= 4 is 23.3 Å². The maximum absolute atomic E-state index is 11.2. The maximum Gasteiger partial charge on any atom is 0.339 e. The van der Waals surface area contributed by atoms with Crippen molar-refractivity contribution < 1.29 is 24.4 Å². The molecule has 0 saturated carbocycles. The lowest BCUT2D eigenvalue weighted by molar-refractivity contribution is -0.384. The molecule has 1 aromatic carbocycles. The Balaban J connectivity index is 3.29. The molecule has 0 aliphatic carbocycles. The molecule has 0 fully saturated rings. The van der Waals surface area contributed by atoms with Crippen molar-refractivity contribution in [3.05, 3.63) is 27.8 Å². The molecular weight excluding hydrogens is 280 g/mol. The average Bonchev–Trinajstić information content (AvgIpc) is 2.37. The lowest BCUT2D eigenvalue weighted by Gasteiger charge is -2.11. The molecule has 0 unspecified atom stereocenters. The molecule has 0 spiro atoms. The molecule has 2 N–H and O–H groups in total. The number of carboxylic acid groups (broad SMARTS) is 1. The highest BCUT2D eigenvalue weighted by Crippen LogP contribution is 2.33. The van der Waals surface area contributed by atoms with E-state index in [1.54, 1.807) is 0 Å². The van der Waals surface area contributed by atoms with E-state index in [2.05, 4.69) is 5.32 Å². The molecule has 1 aromatic rings. The van der Waals surface area contributed by atoms with Crippen LogP contribution in [0.1, 0.15) is 37.0 Å². The number of amides is 1. The van der Waals surface area contributed by atoms with Gasteiger partial charge in [-0.15, -0.1) is 0 Å². The molecule has 1 rings (SSSR count). The first kappa shape index (κ1) is 16.4. The second kappa shape index (κ2) is 7.22. The van der Waals surface area contributed by atoms with E-state index in [0.717, 1.165) is 12.5 Å². The van der Waals surface area contributed by atoms with E-state index in [9.17, 15) is 19.7 Å². The van der Waals surface area contributed by atoms with E-state index in [-0.39, 0.29) is 23.6 Å². The lowest BCUT2D eigenvalue weighted by atomic mass is 10.1. The van der Waals surface area contributed by atoms with Crippen LogP contribution in [0, 0.1) is 10.1 Å². The van der Waals surface area contributed by atoms with Gasteiger partial charge in [-0.2, -0.15) is 0 Å². The van der Waals surface area contributed by atoms with Crippen LogP contribution in [0.5, 0.6) is 5.75 Å². The molecule has 114 valence electrons. The number of benzene rings is 1. The fourth-order valence-electron chi connectivity index (χ4n) is 1.62. The van der Waals surface area contributed by atoms with Crippen LogP contribution < -0.4 is 10.1 Å². The number of hydrogen-bond donors (Lipinski definition) is 2. The van der Waals surface area contributed by atoms with Crippen LogP contribution >= 0.6 is 0 Å². The fourth-order valence-corrected chi connectivity index (χ4v) is 1.62. The van der Waals surface area contributed by atoms with Gasteiger partial charge in [0.15, 0.2) is 0 Å². The molecule has 0 atom stereocenters. The minimum absolute atomic E-state index is 0.00898. The molecule has 0 saturated heterocycles. The van der Waals surface area contributed by atoms with Gasteiger partial charge in [-0.05, 0) is 6.42 Å². The SMILES string of the molecule is CCCCOc1cc(NC(C)=O)c([N+](=O)[O-])cc1C(=O)O. The zero-order valence-corrected chi connectivity index (χ0v) is 11.7. The van der Waals surface area contributed by atoms with E-state index in [4.69, 9.17) is 9.84 Å². The third kappa shape index (κ3) is 4.44. The Morgan fingerprint density at radius 3 is 2.57 bits per heavy atom. The Labute approximate surface area is 120 Å². The monoisotopic (exact) mass is 296 g/mol. The summed E-state index contributed by atoms with van der Waals surface area (Å²) >= 11 is 0. The number of carbonyl (C=O) groups excluding carboxylic acids is 1. The Kier molecular flexibility index (Phi) is 5.65. The molecule has 8 heteroatoms. The average molecular weight is 296 g/mol. The first-order valence-electron chi connectivity index (χ1n) is 6.33. The number of ether oxygens (including phenoxy) is 1. The minimum atomic E-state index is -1.33. The molecule has 0 aromatic heterocycles. The van der Waals surface area contributed by atoms with Gasteiger partial charge >= 0.3 is 5.97 Å². The van der Waals surface area contributed by atoms with Crippen LogP contribution in [-0.2, 0) is 4.79 Å². The molecule has 0 aliphatic heterocycles. The third-order valence-corrected chi connectivity index (χ3v) is 2.59. The van der Waals surface area contributed by atoms with Gasteiger partial charge in [0.1, 0.15) is 17.0 Å². The standard InChI is InChI=1S/C13H16N2O6/c1-3-4-5-21-12-7-10(14-8(2)16)11(15(19)20)6-9(12)13(17)18/h6-7H,3-5H2,1-2H3,(H,14,16)(H,17,18). The summed E-state index contributed by atoms with van der Waals surface area (Å²) in [7, 11) is 0. The van der Waals surface area contributed by atoms with E-state index in [0.29, 0.717) is 6.42 Å². The van der Waals surface area contributed by atoms with E-state index < -0.39 is 22.5 Å². The van der Waals surface area contributed by atoms with Gasteiger partial charge in [0, 0.05) is 19.1 Å². The minimum Gasteiger partial charge on any atom is -0.493 e. The van der Waals surface area contributed by atoms with Gasteiger partial charge in [-0.25, -0.2) is 4.79 Å². The number of nitrogens with zero attached hydrogens (tertiary/aromatic N) is 1. The van der Waals surface area contributed by atoms with Crippen LogP contribution in [0.3, 0.4) is 0 Å². The number of nitrogens with one attached hydrogen (secondary N) is 1. The van der Waals surface area contributed by atoms with Crippen LogP contribution in [0.2, 0.25) is 0 Å². The summed E-state index contributed by atoms with van der Waals surface area (Å²) < 4.78 is 5.34. The summed E-state index contributed by atoms with van der Waals surface area (Å²) in [5.41, 5.74) is -0.902. The maximum atomic E-state index is 11.2. The van der Waals surface area contributed by atoms with Gasteiger partial charge in [-0.1, -0.05) is 13.3 Å². The zero-order valence-electron chi connectivity index (χ0n) is 11.7. The van der Waals surface area contributed by atoms with E-state index in [1.807, 2.05) is 6.92 Å². The van der Waals surface area contributed by atoms with Crippen molar-refractivity contribution in [2.24, 2.45) is 0 Å². The molecule has 0 bridgehead atoms. The number of nitro groups is 1. The van der Waals surface area contributed by atoms with Gasteiger partial charge in [0.25, 0.3) is 5.69 Å². The van der Waals surface area contributed by atoms with Gasteiger partial charge in [0.2, 0.25) is 5.91 Å². The highest BCUT2D eigenvalue weighted by atomic mass is 16.6. The smallest absolute Gasteiger partial charge is 0.339 e. The quantitative estimate of drug-likeness (QED) is 0.453. The Hall–Kier alpha value is -2.64. The largest absolute Gasteiger partial charge is 0.493 e. The van der Waals surface area contributed by atoms with Crippen molar-refractivity contribution in [2.45, 2.75) is 26.7 Å². The number of unbranched alkanes of at least 4 members (excludes halogenated alkanes) is 1. The Morgan fingerprint density at radius 2 is 2.10 bits per heavy atom. The first-order valence-corrected chi connectivity index (χ1v) is 6.33. The van der Waals surface area contributed by atoms with E-state index >= 15 is 0 Å². The molecule has 8 nitrogen and oxygen atoms in total. The van der Waals surface area contributed by atoms with Crippen LogP contribution in [0.25, 0.3) is 0 Å². The van der Waals surface area contributed by atoms with Crippen LogP contribution in [-0.4, -0.2) is 28.5 Å². The van der Waals surface area contributed by atoms with Crippen LogP contribution in [0.4, 0.5) is 11.4 Å². The zero-order chi connectivity index (χ0) is 16.0. The molecule has 0 aliphatic rings. The highest BCUT2D eigenvalue weighted by Gasteiger charge is 2.23. The molecule has 0 heterocycles. The van der Waals surface area contributed by atoms with Crippen molar-refractivity contribution in [3.8, 4) is 5.75 Å². The topological polar surface area (TPSA) is 119 Å². The molecule has 21 heavy (non-hydrogen) atoms.